The van der Waals surface area contributed by atoms with Gasteiger partial charge in [-0.3, -0.25) is 9.59 Å². The van der Waals surface area contributed by atoms with Crippen molar-refractivity contribution in [1.29, 1.82) is 0 Å². The number of rotatable bonds is 7. The van der Waals surface area contributed by atoms with Crippen LogP contribution in [0, 0.1) is 0 Å². The summed E-state index contributed by atoms with van der Waals surface area (Å²) in [5, 5.41) is 8.50. The molecule has 0 saturated heterocycles. The smallest absolute Gasteiger partial charge is 0.303 e. The Balaban J connectivity index is 2.71. The predicted octanol–water partition coefficient (Wildman–Crippen LogP) is 2.14. The van der Waals surface area contributed by atoms with Gasteiger partial charge in [0.25, 0.3) is 0 Å². The van der Waals surface area contributed by atoms with E-state index in [-0.39, 0.29) is 18.6 Å². The van der Waals surface area contributed by atoms with Gasteiger partial charge in [0, 0.05) is 18.4 Å². The van der Waals surface area contributed by atoms with Gasteiger partial charge in [-0.2, -0.15) is 0 Å². The Bertz CT molecular complexity index is 439. The van der Waals surface area contributed by atoms with Gasteiger partial charge in [-0.15, -0.1) is 0 Å². The molecular formula is C13H16O5. The van der Waals surface area contributed by atoms with E-state index in [1.807, 2.05) is 0 Å². The molecular weight excluding hydrogens is 236 g/mol. The van der Waals surface area contributed by atoms with E-state index in [1.54, 1.807) is 18.2 Å². The van der Waals surface area contributed by atoms with Gasteiger partial charge in [0.2, 0.25) is 0 Å². The number of hydrogen-bond donors (Lipinski definition) is 1. The maximum Gasteiger partial charge on any atom is 0.303 e. The molecule has 0 fully saturated rings. The summed E-state index contributed by atoms with van der Waals surface area (Å²) in [5.74, 6) is 0.0495. The minimum Gasteiger partial charge on any atom is -0.493 e. The lowest BCUT2D eigenvalue weighted by atomic mass is 10.0. The molecule has 1 N–H and O–H groups in total. The Morgan fingerprint density at radius 3 is 2.33 bits per heavy atom. The van der Waals surface area contributed by atoms with E-state index < -0.39 is 5.97 Å². The third-order valence-corrected chi connectivity index (χ3v) is 2.50. The second kappa shape index (κ2) is 6.64. The standard InChI is InChI=1S/C13H16O5/c1-17-11-7-6-9(8-12(11)18-2)10(14)4-3-5-13(15)16/h6-8H,3-5H2,1-2H3,(H,15,16). The van der Waals surface area contributed by atoms with E-state index in [9.17, 15) is 9.59 Å². The maximum atomic E-state index is 11.8. The molecule has 5 heteroatoms. The summed E-state index contributed by atoms with van der Waals surface area (Å²) < 4.78 is 10.2. The van der Waals surface area contributed by atoms with Gasteiger partial charge in [-0.1, -0.05) is 0 Å². The minimum absolute atomic E-state index is 0.000963. The number of benzene rings is 1. The fourth-order valence-electron chi connectivity index (χ4n) is 1.55. The van der Waals surface area contributed by atoms with E-state index in [4.69, 9.17) is 14.6 Å². The van der Waals surface area contributed by atoms with Crippen molar-refractivity contribution >= 4 is 11.8 Å². The van der Waals surface area contributed by atoms with Gasteiger partial charge in [-0.25, -0.2) is 0 Å². The highest BCUT2D eigenvalue weighted by atomic mass is 16.5. The third kappa shape index (κ3) is 3.76. The minimum atomic E-state index is -0.893. The van der Waals surface area contributed by atoms with Crippen molar-refractivity contribution < 1.29 is 24.2 Å². The number of carbonyl (C=O) groups is 2. The summed E-state index contributed by atoms with van der Waals surface area (Å²) in [6.45, 7) is 0. The average Bonchev–Trinajstić information content (AvgIpc) is 2.37. The van der Waals surface area contributed by atoms with Crippen LogP contribution in [0.15, 0.2) is 18.2 Å². The molecule has 1 aromatic rings. The summed E-state index contributed by atoms with van der Waals surface area (Å²) >= 11 is 0. The van der Waals surface area contributed by atoms with Crippen molar-refractivity contribution in [2.75, 3.05) is 14.2 Å². The molecule has 0 unspecified atom stereocenters. The highest BCUT2D eigenvalue weighted by molar-refractivity contribution is 5.96. The number of aliphatic carboxylic acids is 1. The van der Waals surface area contributed by atoms with Crippen LogP contribution in [0.4, 0.5) is 0 Å². The van der Waals surface area contributed by atoms with Gasteiger partial charge in [0.1, 0.15) is 0 Å². The highest BCUT2D eigenvalue weighted by Gasteiger charge is 2.11. The Morgan fingerprint density at radius 2 is 1.78 bits per heavy atom. The molecule has 0 amide bonds. The average molecular weight is 252 g/mol. The summed E-state index contributed by atoms with van der Waals surface area (Å²) in [7, 11) is 3.02. The molecule has 0 atom stereocenters. The maximum absolute atomic E-state index is 11.8. The second-order valence-electron chi connectivity index (χ2n) is 3.74. The van der Waals surface area contributed by atoms with Crippen molar-refractivity contribution in [3.63, 3.8) is 0 Å². The fraction of sp³-hybridized carbons (Fsp3) is 0.385. The summed E-state index contributed by atoms with van der Waals surface area (Å²) in [5.41, 5.74) is 0.498. The van der Waals surface area contributed by atoms with Crippen LogP contribution in [-0.2, 0) is 4.79 Å². The normalized spacial score (nSPS) is 9.89. The van der Waals surface area contributed by atoms with Crippen LogP contribution in [0.2, 0.25) is 0 Å². The lowest BCUT2D eigenvalue weighted by Gasteiger charge is -2.08. The molecule has 5 nitrogen and oxygen atoms in total. The predicted molar refractivity (Wildman–Crippen MR) is 65.4 cm³/mol. The van der Waals surface area contributed by atoms with Gasteiger partial charge in [-0.05, 0) is 24.6 Å². The molecule has 0 heterocycles. The summed E-state index contributed by atoms with van der Waals surface area (Å²) in [6.07, 6.45) is 0.545. The number of ether oxygens (including phenoxy) is 2. The highest BCUT2D eigenvalue weighted by Crippen LogP contribution is 2.28. The lowest BCUT2D eigenvalue weighted by molar-refractivity contribution is -0.137. The topological polar surface area (TPSA) is 72.8 Å². The van der Waals surface area contributed by atoms with E-state index in [0.29, 0.717) is 23.5 Å². The van der Waals surface area contributed by atoms with Crippen LogP contribution in [0.3, 0.4) is 0 Å². The van der Waals surface area contributed by atoms with Crippen molar-refractivity contribution in [3.05, 3.63) is 23.8 Å². The van der Waals surface area contributed by atoms with Crippen molar-refractivity contribution in [2.24, 2.45) is 0 Å². The molecule has 1 rings (SSSR count). The van der Waals surface area contributed by atoms with Crippen molar-refractivity contribution in [3.8, 4) is 11.5 Å². The Labute approximate surface area is 105 Å². The lowest BCUT2D eigenvalue weighted by Crippen LogP contribution is -2.02. The summed E-state index contributed by atoms with van der Waals surface area (Å²) in [4.78, 5) is 22.2. The van der Waals surface area contributed by atoms with Crippen LogP contribution < -0.4 is 9.47 Å². The first kappa shape index (κ1) is 14.0. The molecule has 0 saturated carbocycles. The molecule has 18 heavy (non-hydrogen) atoms. The molecule has 0 aliphatic rings. The molecule has 0 aliphatic carbocycles. The van der Waals surface area contributed by atoms with Crippen LogP contribution in [-0.4, -0.2) is 31.1 Å². The number of carbonyl (C=O) groups excluding carboxylic acids is 1. The molecule has 0 aromatic heterocycles. The van der Waals surface area contributed by atoms with Crippen LogP contribution in [0.5, 0.6) is 11.5 Å². The van der Waals surface area contributed by atoms with Gasteiger partial charge in [0.15, 0.2) is 17.3 Å². The van der Waals surface area contributed by atoms with Crippen LogP contribution in [0.25, 0.3) is 0 Å². The molecule has 0 radical (unpaired) electrons. The first-order valence-electron chi connectivity index (χ1n) is 5.55. The monoisotopic (exact) mass is 252 g/mol. The number of Topliss-reactive ketones (excluding diaryl/α,β-unsaturated/α-hetero) is 1. The first-order chi connectivity index (χ1) is 8.58. The second-order valence-corrected chi connectivity index (χ2v) is 3.74. The number of carboxylic acid groups (broad SMARTS) is 1. The van der Waals surface area contributed by atoms with Crippen molar-refractivity contribution in [2.45, 2.75) is 19.3 Å². The molecule has 0 aliphatic heterocycles. The van der Waals surface area contributed by atoms with E-state index in [2.05, 4.69) is 0 Å². The molecule has 0 bridgehead atoms. The van der Waals surface area contributed by atoms with Gasteiger partial charge >= 0.3 is 5.97 Å². The zero-order valence-electron chi connectivity index (χ0n) is 10.4. The molecule has 0 spiro atoms. The van der Waals surface area contributed by atoms with Crippen molar-refractivity contribution in [1.82, 2.24) is 0 Å². The quantitative estimate of drug-likeness (QED) is 0.753. The van der Waals surface area contributed by atoms with E-state index >= 15 is 0 Å². The third-order valence-electron chi connectivity index (χ3n) is 2.50. The largest absolute Gasteiger partial charge is 0.493 e. The zero-order valence-corrected chi connectivity index (χ0v) is 10.4. The summed E-state index contributed by atoms with van der Waals surface area (Å²) in [6, 6.07) is 4.90. The van der Waals surface area contributed by atoms with Gasteiger partial charge in [0.05, 0.1) is 14.2 Å². The van der Waals surface area contributed by atoms with E-state index in [0.717, 1.165) is 0 Å². The number of ketones is 1. The number of carboxylic acids is 1. The van der Waals surface area contributed by atoms with Crippen LogP contribution in [0.1, 0.15) is 29.6 Å². The van der Waals surface area contributed by atoms with Gasteiger partial charge < -0.3 is 14.6 Å². The Morgan fingerprint density at radius 1 is 1.11 bits per heavy atom. The Hall–Kier alpha value is -2.04. The SMILES string of the molecule is COc1ccc(C(=O)CCCC(=O)O)cc1OC. The Kier molecular flexibility index (Phi) is 5.17. The molecule has 1 aromatic carbocycles. The number of hydrogen-bond acceptors (Lipinski definition) is 4. The fourth-order valence-corrected chi connectivity index (χ4v) is 1.55. The zero-order chi connectivity index (χ0) is 13.5. The molecule has 98 valence electrons. The van der Waals surface area contributed by atoms with E-state index in [1.165, 1.54) is 14.2 Å². The van der Waals surface area contributed by atoms with Crippen LogP contribution >= 0.6 is 0 Å². The number of methoxy groups -OCH3 is 2. The first-order valence-corrected chi connectivity index (χ1v) is 5.55.